The van der Waals surface area contributed by atoms with Gasteiger partial charge < -0.3 is 14.7 Å². The lowest BCUT2D eigenvalue weighted by Gasteiger charge is -1.95. The predicted molar refractivity (Wildman–Crippen MR) is 35.2 cm³/mol. The van der Waals surface area contributed by atoms with Gasteiger partial charge in [-0.25, -0.2) is 0 Å². The Morgan fingerprint density at radius 1 is 1.67 bits per heavy atom. The van der Waals surface area contributed by atoms with E-state index in [1.54, 1.807) is 13.0 Å². The van der Waals surface area contributed by atoms with Gasteiger partial charge in [0.1, 0.15) is 0 Å². The summed E-state index contributed by atoms with van der Waals surface area (Å²) in [5, 5.41) is 16.3. The van der Waals surface area contributed by atoms with Gasteiger partial charge in [0.15, 0.2) is 0 Å². The van der Waals surface area contributed by atoms with Crippen molar-refractivity contribution in [2.45, 2.75) is 6.92 Å². The van der Waals surface area contributed by atoms with Crippen LogP contribution in [0.15, 0.2) is 24.5 Å². The lowest BCUT2D eigenvalue weighted by molar-refractivity contribution is 0.256. The molecule has 0 aliphatic carbocycles. The first-order valence-electron chi connectivity index (χ1n) is 2.47. The standard InChI is InChI=1S/C5H9BO3/c1-3-5(2)4-9-6(7)8/h3-4,7-8H,1H2,2H3. The monoisotopic (exact) mass is 128 g/mol. The van der Waals surface area contributed by atoms with Gasteiger partial charge in [0, 0.05) is 0 Å². The maximum absolute atomic E-state index is 8.15. The minimum absolute atomic E-state index is 0.739. The Morgan fingerprint density at radius 2 is 2.22 bits per heavy atom. The molecule has 0 atom stereocenters. The molecule has 0 unspecified atom stereocenters. The number of hydrogen-bond acceptors (Lipinski definition) is 3. The summed E-state index contributed by atoms with van der Waals surface area (Å²) in [5.74, 6) is 0. The van der Waals surface area contributed by atoms with Crippen LogP contribution >= 0.6 is 0 Å². The molecule has 0 saturated heterocycles. The van der Waals surface area contributed by atoms with E-state index in [4.69, 9.17) is 10.0 Å². The summed E-state index contributed by atoms with van der Waals surface area (Å²) < 4.78 is 4.27. The van der Waals surface area contributed by atoms with E-state index in [2.05, 4.69) is 11.2 Å². The van der Waals surface area contributed by atoms with Crippen molar-refractivity contribution in [3.8, 4) is 0 Å². The molecule has 0 amide bonds. The third-order valence-corrected chi connectivity index (χ3v) is 0.698. The molecule has 9 heavy (non-hydrogen) atoms. The van der Waals surface area contributed by atoms with Crippen LogP contribution in [0.25, 0.3) is 0 Å². The summed E-state index contributed by atoms with van der Waals surface area (Å²) >= 11 is 0. The minimum atomic E-state index is -1.74. The minimum Gasteiger partial charge on any atom is -0.518 e. The van der Waals surface area contributed by atoms with Gasteiger partial charge >= 0.3 is 7.32 Å². The van der Waals surface area contributed by atoms with E-state index in [9.17, 15) is 0 Å². The van der Waals surface area contributed by atoms with E-state index in [0.717, 1.165) is 5.57 Å². The molecule has 0 bridgehead atoms. The van der Waals surface area contributed by atoms with Gasteiger partial charge in [-0.1, -0.05) is 12.7 Å². The van der Waals surface area contributed by atoms with Crippen molar-refractivity contribution in [1.29, 1.82) is 0 Å². The molecular weight excluding hydrogens is 119 g/mol. The average Bonchev–Trinajstić information content (AvgIpc) is 1.83. The summed E-state index contributed by atoms with van der Waals surface area (Å²) in [5.41, 5.74) is 0.739. The Bertz CT molecular complexity index is 119. The van der Waals surface area contributed by atoms with Gasteiger partial charge in [0.2, 0.25) is 0 Å². The lowest BCUT2D eigenvalue weighted by Crippen LogP contribution is -2.12. The van der Waals surface area contributed by atoms with Crippen molar-refractivity contribution < 1.29 is 14.7 Å². The fourth-order valence-electron chi connectivity index (χ4n) is 0.216. The van der Waals surface area contributed by atoms with Crippen LogP contribution in [0.2, 0.25) is 0 Å². The predicted octanol–water partition coefficient (Wildman–Crippen LogP) is 0.0623. The smallest absolute Gasteiger partial charge is 0.518 e. The van der Waals surface area contributed by atoms with Crippen LogP contribution in [0, 0.1) is 0 Å². The number of hydrogen-bond donors (Lipinski definition) is 2. The molecule has 0 fully saturated rings. The van der Waals surface area contributed by atoms with Gasteiger partial charge in [0.25, 0.3) is 0 Å². The molecule has 4 heteroatoms. The highest BCUT2D eigenvalue weighted by Gasteiger charge is 2.05. The van der Waals surface area contributed by atoms with E-state index in [-0.39, 0.29) is 0 Å². The van der Waals surface area contributed by atoms with Crippen LogP contribution in [-0.4, -0.2) is 17.4 Å². The summed E-state index contributed by atoms with van der Waals surface area (Å²) in [6.45, 7) is 5.16. The molecule has 0 aromatic rings. The fraction of sp³-hybridized carbons (Fsp3) is 0.200. The Hall–Kier alpha value is -0.735. The quantitative estimate of drug-likeness (QED) is 0.321. The maximum atomic E-state index is 8.15. The highest BCUT2D eigenvalue weighted by Crippen LogP contribution is 1.92. The first-order chi connectivity index (χ1) is 4.16. The molecule has 0 aliphatic heterocycles. The van der Waals surface area contributed by atoms with Gasteiger partial charge in [-0.3, -0.25) is 0 Å². The summed E-state index contributed by atoms with van der Waals surface area (Å²) in [7, 11) is -1.74. The zero-order valence-corrected chi connectivity index (χ0v) is 5.24. The molecule has 0 aromatic carbocycles. The normalized spacial score (nSPS) is 10.8. The van der Waals surface area contributed by atoms with Gasteiger partial charge in [0.05, 0.1) is 6.26 Å². The summed E-state index contributed by atoms with van der Waals surface area (Å²) in [6.07, 6.45) is 2.76. The maximum Gasteiger partial charge on any atom is 0.707 e. The average molecular weight is 128 g/mol. The Kier molecular flexibility index (Phi) is 3.83. The Labute approximate surface area is 54.4 Å². The topological polar surface area (TPSA) is 49.7 Å². The third-order valence-electron chi connectivity index (χ3n) is 0.698. The van der Waals surface area contributed by atoms with E-state index < -0.39 is 7.32 Å². The first-order valence-corrected chi connectivity index (χ1v) is 2.47. The lowest BCUT2D eigenvalue weighted by atomic mass is 10.2. The van der Waals surface area contributed by atoms with Crippen LogP contribution in [0.3, 0.4) is 0 Å². The SMILES string of the molecule is C=CC(C)=COB(O)O. The third kappa shape index (κ3) is 5.13. The molecule has 0 heterocycles. The summed E-state index contributed by atoms with van der Waals surface area (Å²) in [4.78, 5) is 0. The van der Waals surface area contributed by atoms with Crippen LogP contribution in [0.5, 0.6) is 0 Å². The second-order valence-corrected chi connectivity index (χ2v) is 1.53. The van der Waals surface area contributed by atoms with Crippen molar-refractivity contribution in [3.63, 3.8) is 0 Å². The van der Waals surface area contributed by atoms with E-state index in [1.165, 1.54) is 6.26 Å². The molecule has 2 N–H and O–H groups in total. The van der Waals surface area contributed by atoms with Crippen LogP contribution in [-0.2, 0) is 4.65 Å². The van der Waals surface area contributed by atoms with Gasteiger partial charge in [-0.05, 0) is 12.5 Å². The Balaban J connectivity index is 3.56. The molecule has 0 radical (unpaired) electrons. The van der Waals surface area contributed by atoms with Crippen molar-refractivity contribution in [2.24, 2.45) is 0 Å². The zero-order chi connectivity index (χ0) is 7.28. The second-order valence-electron chi connectivity index (χ2n) is 1.53. The number of rotatable bonds is 3. The summed E-state index contributed by atoms with van der Waals surface area (Å²) in [6, 6.07) is 0. The molecule has 3 nitrogen and oxygen atoms in total. The van der Waals surface area contributed by atoms with Crippen LogP contribution in [0.4, 0.5) is 0 Å². The van der Waals surface area contributed by atoms with Crippen molar-refractivity contribution in [3.05, 3.63) is 24.5 Å². The molecule has 0 rings (SSSR count). The van der Waals surface area contributed by atoms with E-state index in [1.807, 2.05) is 0 Å². The first kappa shape index (κ1) is 8.26. The largest absolute Gasteiger partial charge is 0.707 e. The Morgan fingerprint density at radius 3 is 2.56 bits per heavy atom. The zero-order valence-electron chi connectivity index (χ0n) is 5.24. The van der Waals surface area contributed by atoms with E-state index in [0.29, 0.717) is 0 Å². The second kappa shape index (κ2) is 4.17. The molecule has 0 aliphatic rings. The molecule has 0 aromatic heterocycles. The van der Waals surface area contributed by atoms with Crippen LogP contribution in [0.1, 0.15) is 6.92 Å². The van der Waals surface area contributed by atoms with Gasteiger partial charge in [-0.2, -0.15) is 0 Å². The molecule has 50 valence electrons. The van der Waals surface area contributed by atoms with E-state index >= 15 is 0 Å². The van der Waals surface area contributed by atoms with Crippen LogP contribution < -0.4 is 0 Å². The van der Waals surface area contributed by atoms with Crippen molar-refractivity contribution in [2.75, 3.05) is 0 Å². The molecule has 0 saturated carbocycles. The number of allylic oxidation sites excluding steroid dienone is 2. The fourth-order valence-corrected chi connectivity index (χ4v) is 0.216. The molecular formula is C5H9BO3. The highest BCUT2D eigenvalue weighted by atomic mass is 16.6. The van der Waals surface area contributed by atoms with Crippen molar-refractivity contribution >= 4 is 7.32 Å². The molecule has 0 spiro atoms. The van der Waals surface area contributed by atoms with Crippen molar-refractivity contribution in [1.82, 2.24) is 0 Å². The highest BCUT2D eigenvalue weighted by molar-refractivity contribution is 6.32. The van der Waals surface area contributed by atoms with Gasteiger partial charge in [-0.15, -0.1) is 0 Å².